The first-order chi connectivity index (χ1) is 18.7. The van der Waals surface area contributed by atoms with E-state index in [2.05, 4.69) is 31.4 Å². The number of hydrogen-bond donors (Lipinski definition) is 2. The van der Waals surface area contributed by atoms with Gasteiger partial charge in [0.15, 0.2) is 5.79 Å². The molecule has 0 radical (unpaired) electrons. The summed E-state index contributed by atoms with van der Waals surface area (Å²) in [5.41, 5.74) is 0.341. The minimum absolute atomic E-state index is 0.0556. The lowest BCUT2D eigenvalue weighted by Gasteiger charge is -2.62. The average molecular weight is 544 g/mol. The van der Waals surface area contributed by atoms with E-state index in [9.17, 15) is 10.2 Å². The van der Waals surface area contributed by atoms with Crippen molar-refractivity contribution in [1.29, 1.82) is 0 Å². The fraction of sp³-hybridized carbons (Fsp3) is 0.939. The second kappa shape index (κ2) is 9.77. The lowest BCUT2D eigenvalue weighted by Crippen LogP contribution is -2.61. The molecule has 3 unspecified atom stereocenters. The molecular weight excluding hydrogens is 488 g/mol. The highest BCUT2D eigenvalue weighted by molar-refractivity contribution is 5.13. The van der Waals surface area contributed by atoms with E-state index in [0.29, 0.717) is 17.9 Å². The Kier molecular flexibility index (Phi) is 6.85. The molecule has 0 amide bonds. The molecule has 7 aliphatic rings. The summed E-state index contributed by atoms with van der Waals surface area (Å²) >= 11 is 0. The van der Waals surface area contributed by atoms with Gasteiger partial charge in [-0.2, -0.15) is 0 Å². The number of piperidine rings is 1. The first-order valence-electron chi connectivity index (χ1n) is 16.6. The van der Waals surface area contributed by atoms with E-state index in [1.807, 2.05) is 0 Å². The first kappa shape index (κ1) is 27.3. The van der Waals surface area contributed by atoms with E-state index in [-0.39, 0.29) is 34.9 Å². The molecule has 6 heteroatoms. The summed E-state index contributed by atoms with van der Waals surface area (Å²) in [6.45, 7) is 16.0. The number of aliphatic hydroxyl groups is 2. The van der Waals surface area contributed by atoms with Crippen LogP contribution in [-0.2, 0) is 9.47 Å². The zero-order valence-electron chi connectivity index (χ0n) is 24.7. The van der Waals surface area contributed by atoms with Gasteiger partial charge in [0.2, 0.25) is 0 Å². The van der Waals surface area contributed by atoms with Gasteiger partial charge in [-0.1, -0.05) is 20.4 Å². The van der Waals surface area contributed by atoms with Gasteiger partial charge in [0.1, 0.15) is 12.1 Å². The van der Waals surface area contributed by atoms with Crippen LogP contribution in [0.3, 0.4) is 0 Å². The Morgan fingerprint density at radius 3 is 2.33 bits per heavy atom. The van der Waals surface area contributed by atoms with Gasteiger partial charge in [-0.25, -0.2) is 0 Å². The zero-order chi connectivity index (χ0) is 27.0. The molecule has 3 saturated heterocycles. The van der Waals surface area contributed by atoms with Crippen LogP contribution in [0.4, 0.5) is 0 Å². The molecular formula is C33H55N2O4+. The third kappa shape index (κ3) is 4.09. The topological polar surface area (TPSA) is 62.2 Å². The maximum absolute atomic E-state index is 12.0. The van der Waals surface area contributed by atoms with Crippen molar-refractivity contribution in [1.82, 2.24) is 4.90 Å². The average Bonchev–Trinajstić information content (AvgIpc) is 3.65. The Hall–Kier alpha value is -0.500. The number of fused-ring (bicyclic) bond motifs is 5. The van der Waals surface area contributed by atoms with Gasteiger partial charge in [-0.3, -0.25) is 4.90 Å². The van der Waals surface area contributed by atoms with Gasteiger partial charge < -0.3 is 24.2 Å². The van der Waals surface area contributed by atoms with E-state index < -0.39 is 0 Å². The van der Waals surface area contributed by atoms with Crippen molar-refractivity contribution in [2.75, 3.05) is 45.9 Å². The lowest BCUT2D eigenvalue weighted by molar-refractivity contribution is -0.938. The third-order valence-corrected chi connectivity index (χ3v) is 14.2. The molecule has 0 bridgehead atoms. The smallest absolute Gasteiger partial charge is 0.170 e. The second-order valence-corrected chi connectivity index (χ2v) is 15.5. The Morgan fingerprint density at radius 2 is 1.64 bits per heavy atom. The summed E-state index contributed by atoms with van der Waals surface area (Å²) in [4.78, 5) is 2.59. The monoisotopic (exact) mass is 543 g/mol. The molecule has 1 spiro atoms. The van der Waals surface area contributed by atoms with Crippen LogP contribution in [0.25, 0.3) is 0 Å². The fourth-order valence-corrected chi connectivity index (χ4v) is 12.0. The number of aliphatic hydroxyl groups excluding tert-OH is 2. The highest BCUT2D eigenvalue weighted by Crippen LogP contribution is 2.67. The minimum atomic E-state index is -0.354. The quantitative estimate of drug-likeness (QED) is 0.408. The molecule has 0 aromatic carbocycles. The van der Waals surface area contributed by atoms with Crippen molar-refractivity contribution in [3.8, 4) is 0 Å². The number of rotatable bonds is 4. The predicted octanol–water partition coefficient (Wildman–Crippen LogP) is 4.34. The number of ether oxygens (including phenoxy) is 2. The third-order valence-electron chi connectivity index (χ3n) is 14.2. The van der Waals surface area contributed by atoms with Crippen LogP contribution in [0.1, 0.15) is 84.5 Å². The fourth-order valence-electron chi connectivity index (χ4n) is 12.0. The van der Waals surface area contributed by atoms with Gasteiger partial charge in [0, 0.05) is 56.7 Å². The Morgan fingerprint density at radius 1 is 0.923 bits per heavy atom. The van der Waals surface area contributed by atoms with E-state index in [0.717, 1.165) is 74.9 Å². The summed E-state index contributed by atoms with van der Waals surface area (Å²) < 4.78 is 13.1. The number of hydrogen-bond acceptors (Lipinski definition) is 5. The molecule has 6 nitrogen and oxygen atoms in total. The van der Waals surface area contributed by atoms with Crippen LogP contribution in [0.2, 0.25) is 0 Å². The van der Waals surface area contributed by atoms with Crippen LogP contribution in [0.15, 0.2) is 12.7 Å². The molecule has 3 heterocycles. The second-order valence-electron chi connectivity index (χ2n) is 15.5. The van der Waals surface area contributed by atoms with Crippen LogP contribution >= 0.6 is 0 Å². The Labute approximate surface area is 236 Å². The van der Waals surface area contributed by atoms with Crippen LogP contribution in [-0.4, -0.2) is 95.6 Å². The molecule has 10 atom stereocenters. The molecule has 4 saturated carbocycles. The maximum Gasteiger partial charge on any atom is 0.170 e. The highest BCUT2D eigenvalue weighted by atomic mass is 16.7. The molecule has 2 N–H and O–H groups in total. The largest absolute Gasteiger partial charge is 0.391 e. The zero-order valence-corrected chi connectivity index (χ0v) is 24.7. The SMILES string of the molecule is C=CC[N+]1([C@H]2CC3C4CC[C@H]5C[C@H](O)[C@@H](N6CCC7(CC6)OCCO7)C[C@]5(C)C4CC[C@]3(C)[C@H]2O)CCCC1. The Balaban J connectivity index is 1.11. The number of nitrogens with zero attached hydrogens (tertiary/aromatic N) is 2. The van der Waals surface area contributed by atoms with Crippen molar-refractivity contribution in [3.05, 3.63) is 12.7 Å². The van der Waals surface area contributed by atoms with Crippen LogP contribution in [0.5, 0.6) is 0 Å². The molecule has 0 aromatic heterocycles. The number of likely N-dealkylation sites (tertiary alicyclic amines) is 2. The maximum atomic E-state index is 12.0. The van der Waals surface area contributed by atoms with E-state index in [1.165, 1.54) is 58.0 Å². The van der Waals surface area contributed by atoms with Crippen molar-refractivity contribution >= 4 is 0 Å². The van der Waals surface area contributed by atoms with Crippen LogP contribution < -0.4 is 0 Å². The summed E-state index contributed by atoms with van der Waals surface area (Å²) in [5.74, 6) is 2.35. The predicted molar refractivity (Wildman–Crippen MR) is 152 cm³/mol. The van der Waals surface area contributed by atoms with Gasteiger partial charge in [-0.15, -0.1) is 0 Å². The van der Waals surface area contributed by atoms with Crippen molar-refractivity contribution in [3.63, 3.8) is 0 Å². The minimum Gasteiger partial charge on any atom is -0.391 e. The van der Waals surface area contributed by atoms with Gasteiger partial charge in [-0.05, 0) is 73.7 Å². The summed E-state index contributed by atoms with van der Waals surface area (Å²) in [7, 11) is 0. The Bertz CT molecular complexity index is 921. The highest BCUT2D eigenvalue weighted by Gasteiger charge is 2.66. The van der Waals surface area contributed by atoms with Gasteiger partial charge in [0.25, 0.3) is 0 Å². The summed E-state index contributed by atoms with van der Waals surface area (Å²) in [6, 6.07) is 0.636. The lowest BCUT2D eigenvalue weighted by atomic mass is 9.44. The molecule has 0 aromatic rings. The molecule has 7 fully saturated rings. The first-order valence-corrected chi connectivity index (χ1v) is 16.6. The van der Waals surface area contributed by atoms with Crippen LogP contribution in [0, 0.1) is 34.5 Å². The van der Waals surface area contributed by atoms with E-state index in [1.54, 1.807) is 0 Å². The van der Waals surface area contributed by atoms with Crippen molar-refractivity contribution in [2.45, 2.75) is 115 Å². The molecule has 4 aliphatic carbocycles. The van der Waals surface area contributed by atoms with Gasteiger partial charge >= 0.3 is 0 Å². The number of quaternary nitrogens is 1. The molecule has 220 valence electrons. The summed E-state index contributed by atoms with van der Waals surface area (Å²) in [5, 5.41) is 23.4. The molecule has 39 heavy (non-hydrogen) atoms. The van der Waals surface area contributed by atoms with Gasteiger partial charge in [0.05, 0.1) is 39.0 Å². The van der Waals surface area contributed by atoms with Crippen molar-refractivity contribution < 1.29 is 24.2 Å². The van der Waals surface area contributed by atoms with Crippen molar-refractivity contribution in [2.24, 2.45) is 34.5 Å². The van der Waals surface area contributed by atoms with E-state index >= 15 is 0 Å². The summed E-state index contributed by atoms with van der Waals surface area (Å²) in [6.07, 6.45) is 14.4. The standard InChI is InChI=1S/C33H55N2O4/c1-4-15-35(16-5-6-17-35)28-21-26-24-8-7-23-20-29(36)27(34-13-11-33(12-14-34)38-18-19-39-33)22-32(23,3)25(24)9-10-31(26,2)30(28)37/h4,23-30,36-37H,1,5-22H2,2-3H3/q+1/t23-,24?,25?,26?,27-,28-,29-,30-,31-,32-/m0/s1. The molecule has 3 aliphatic heterocycles. The normalized spacial score (nSPS) is 50.9. The molecule has 7 rings (SSSR count). The van der Waals surface area contributed by atoms with E-state index in [4.69, 9.17) is 9.47 Å².